The predicted octanol–water partition coefficient (Wildman–Crippen LogP) is 3.10. The van der Waals surface area contributed by atoms with E-state index in [4.69, 9.17) is 5.11 Å². The van der Waals surface area contributed by atoms with Gasteiger partial charge in [0.1, 0.15) is 0 Å². The number of aliphatic hydroxyl groups is 1. The molecular weight excluding hydrogens is 250 g/mol. The lowest BCUT2D eigenvalue weighted by atomic mass is 9.89. The zero-order chi connectivity index (χ0) is 15.2. The maximum absolute atomic E-state index is 12.1. The van der Waals surface area contributed by atoms with E-state index in [1.165, 1.54) is 0 Å². The fourth-order valence-corrected chi connectivity index (χ4v) is 1.55. The highest BCUT2D eigenvalue weighted by atomic mass is 16.2. The summed E-state index contributed by atoms with van der Waals surface area (Å²) >= 11 is 0. The van der Waals surface area contributed by atoms with E-state index in [1.807, 2.05) is 45.9 Å². The molecule has 1 aromatic rings. The van der Waals surface area contributed by atoms with Crippen molar-refractivity contribution in [3.8, 4) is 11.8 Å². The fraction of sp³-hybridized carbons (Fsp3) is 0.471. The predicted molar refractivity (Wildman–Crippen MR) is 82.5 cm³/mol. The van der Waals surface area contributed by atoms with Crippen molar-refractivity contribution in [3.05, 3.63) is 29.3 Å². The van der Waals surface area contributed by atoms with Crippen LogP contribution in [0.5, 0.6) is 0 Å². The molecule has 1 amide bonds. The van der Waals surface area contributed by atoms with Crippen LogP contribution in [0.25, 0.3) is 0 Å². The van der Waals surface area contributed by atoms with Crippen LogP contribution in [0.1, 0.15) is 44.7 Å². The SMILES string of the molecule is CCC(C)(C)C(=O)Nc1ccc(C#CCCO)cc1C. The third kappa shape index (κ3) is 4.40. The standard InChI is InChI=1S/C17H23NO2/c1-5-17(3,4)16(20)18-15-10-9-14(12-13(15)2)8-6-7-11-19/h9-10,12,19H,5,7,11H2,1-4H3,(H,18,20). The van der Waals surface area contributed by atoms with Crippen LogP contribution < -0.4 is 5.32 Å². The van der Waals surface area contributed by atoms with Crippen LogP contribution in [-0.4, -0.2) is 17.6 Å². The van der Waals surface area contributed by atoms with Gasteiger partial charge in [0.2, 0.25) is 5.91 Å². The number of anilines is 1. The lowest BCUT2D eigenvalue weighted by molar-refractivity contribution is -0.124. The van der Waals surface area contributed by atoms with Crippen LogP contribution in [0.15, 0.2) is 18.2 Å². The molecule has 3 nitrogen and oxygen atoms in total. The number of amides is 1. The third-order valence-electron chi connectivity index (χ3n) is 3.44. The number of carbonyl (C=O) groups excluding carboxylic acids is 1. The van der Waals surface area contributed by atoms with E-state index in [2.05, 4.69) is 17.2 Å². The molecule has 1 aromatic carbocycles. The smallest absolute Gasteiger partial charge is 0.230 e. The van der Waals surface area contributed by atoms with Crippen LogP contribution in [0.3, 0.4) is 0 Å². The van der Waals surface area contributed by atoms with E-state index in [0.29, 0.717) is 6.42 Å². The first-order chi connectivity index (χ1) is 9.40. The van der Waals surface area contributed by atoms with Gasteiger partial charge in [0.15, 0.2) is 0 Å². The van der Waals surface area contributed by atoms with Crippen molar-refractivity contribution in [2.75, 3.05) is 11.9 Å². The van der Waals surface area contributed by atoms with Gasteiger partial charge in [-0.1, -0.05) is 32.6 Å². The summed E-state index contributed by atoms with van der Waals surface area (Å²) in [7, 11) is 0. The molecule has 0 aliphatic heterocycles. The van der Waals surface area contributed by atoms with Crippen LogP contribution in [-0.2, 0) is 4.79 Å². The monoisotopic (exact) mass is 273 g/mol. The largest absolute Gasteiger partial charge is 0.395 e. The highest BCUT2D eigenvalue weighted by molar-refractivity contribution is 5.95. The minimum Gasteiger partial charge on any atom is -0.395 e. The first-order valence-corrected chi connectivity index (χ1v) is 6.92. The molecule has 20 heavy (non-hydrogen) atoms. The van der Waals surface area contributed by atoms with E-state index in [-0.39, 0.29) is 17.9 Å². The molecule has 0 aliphatic carbocycles. The summed E-state index contributed by atoms with van der Waals surface area (Å²) in [5, 5.41) is 11.7. The molecule has 0 radical (unpaired) electrons. The summed E-state index contributed by atoms with van der Waals surface area (Å²) in [5.41, 5.74) is 2.33. The Hall–Kier alpha value is -1.79. The number of rotatable bonds is 4. The van der Waals surface area contributed by atoms with Gasteiger partial charge in [-0.05, 0) is 37.1 Å². The van der Waals surface area contributed by atoms with Gasteiger partial charge in [-0.15, -0.1) is 0 Å². The van der Waals surface area contributed by atoms with Crippen LogP contribution in [0.2, 0.25) is 0 Å². The summed E-state index contributed by atoms with van der Waals surface area (Å²) in [5.74, 6) is 5.90. The molecule has 0 fully saturated rings. The highest BCUT2D eigenvalue weighted by Gasteiger charge is 2.25. The molecule has 1 rings (SSSR count). The number of carbonyl (C=O) groups is 1. The van der Waals surface area contributed by atoms with Gasteiger partial charge in [-0.2, -0.15) is 0 Å². The summed E-state index contributed by atoms with van der Waals surface area (Å²) in [6.45, 7) is 7.91. The zero-order valence-corrected chi connectivity index (χ0v) is 12.7. The van der Waals surface area contributed by atoms with Crippen LogP contribution >= 0.6 is 0 Å². The Labute approximate surface area is 121 Å². The molecular formula is C17H23NO2. The molecule has 2 N–H and O–H groups in total. The van der Waals surface area contributed by atoms with Crippen molar-refractivity contribution < 1.29 is 9.90 Å². The Balaban J connectivity index is 2.85. The number of nitrogens with one attached hydrogen (secondary N) is 1. The van der Waals surface area contributed by atoms with Crippen molar-refractivity contribution in [2.24, 2.45) is 5.41 Å². The summed E-state index contributed by atoms with van der Waals surface area (Å²) in [4.78, 5) is 12.1. The van der Waals surface area contributed by atoms with Crippen molar-refractivity contribution in [1.82, 2.24) is 0 Å². The van der Waals surface area contributed by atoms with E-state index in [0.717, 1.165) is 23.2 Å². The molecule has 0 unspecified atom stereocenters. The van der Waals surface area contributed by atoms with Gasteiger partial charge < -0.3 is 10.4 Å². The summed E-state index contributed by atoms with van der Waals surface area (Å²) < 4.78 is 0. The lowest BCUT2D eigenvalue weighted by Crippen LogP contribution is -2.30. The number of aliphatic hydroxyl groups excluding tert-OH is 1. The van der Waals surface area contributed by atoms with Crippen molar-refractivity contribution in [3.63, 3.8) is 0 Å². The van der Waals surface area contributed by atoms with Crippen molar-refractivity contribution >= 4 is 11.6 Å². The molecule has 0 heterocycles. The molecule has 0 spiro atoms. The van der Waals surface area contributed by atoms with E-state index in [9.17, 15) is 4.79 Å². The third-order valence-corrected chi connectivity index (χ3v) is 3.44. The second-order valence-corrected chi connectivity index (χ2v) is 5.50. The molecule has 108 valence electrons. The Kier molecular flexibility index (Phi) is 5.79. The second kappa shape index (κ2) is 7.12. The molecule has 0 atom stereocenters. The first kappa shape index (κ1) is 16.3. The average Bonchev–Trinajstić information content (AvgIpc) is 2.41. The van der Waals surface area contributed by atoms with Gasteiger partial charge in [0.25, 0.3) is 0 Å². The average molecular weight is 273 g/mol. The zero-order valence-electron chi connectivity index (χ0n) is 12.7. The molecule has 3 heteroatoms. The van der Waals surface area contributed by atoms with Gasteiger partial charge in [0, 0.05) is 23.1 Å². The van der Waals surface area contributed by atoms with Gasteiger partial charge >= 0.3 is 0 Å². The van der Waals surface area contributed by atoms with E-state index >= 15 is 0 Å². The topological polar surface area (TPSA) is 49.3 Å². The molecule has 0 aromatic heterocycles. The summed E-state index contributed by atoms with van der Waals surface area (Å²) in [6.07, 6.45) is 1.27. The molecule has 0 aliphatic rings. The van der Waals surface area contributed by atoms with E-state index < -0.39 is 0 Å². The van der Waals surface area contributed by atoms with Crippen LogP contribution in [0, 0.1) is 24.2 Å². The van der Waals surface area contributed by atoms with Gasteiger partial charge in [-0.25, -0.2) is 0 Å². The lowest BCUT2D eigenvalue weighted by Gasteiger charge is -2.22. The summed E-state index contributed by atoms with van der Waals surface area (Å²) in [6, 6.07) is 5.70. The van der Waals surface area contributed by atoms with Crippen molar-refractivity contribution in [1.29, 1.82) is 0 Å². The maximum Gasteiger partial charge on any atom is 0.230 e. The molecule has 0 saturated carbocycles. The Morgan fingerprint density at radius 1 is 1.40 bits per heavy atom. The Morgan fingerprint density at radius 2 is 2.10 bits per heavy atom. The second-order valence-electron chi connectivity index (χ2n) is 5.50. The number of benzene rings is 1. The minimum absolute atomic E-state index is 0.0298. The maximum atomic E-state index is 12.1. The number of aryl methyl sites for hydroxylation is 1. The minimum atomic E-state index is -0.369. The van der Waals surface area contributed by atoms with Gasteiger partial charge in [-0.3, -0.25) is 4.79 Å². The van der Waals surface area contributed by atoms with Gasteiger partial charge in [0.05, 0.1) is 6.61 Å². The molecule has 0 bridgehead atoms. The molecule has 0 saturated heterocycles. The highest BCUT2D eigenvalue weighted by Crippen LogP contribution is 2.24. The number of hydrogen-bond acceptors (Lipinski definition) is 2. The fourth-order valence-electron chi connectivity index (χ4n) is 1.55. The number of hydrogen-bond donors (Lipinski definition) is 2. The van der Waals surface area contributed by atoms with Crippen LogP contribution in [0.4, 0.5) is 5.69 Å². The normalized spacial score (nSPS) is 10.7. The Bertz CT molecular complexity index is 536. The quantitative estimate of drug-likeness (QED) is 0.828. The Morgan fingerprint density at radius 3 is 2.65 bits per heavy atom. The first-order valence-electron chi connectivity index (χ1n) is 6.92. The van der Waals surface area contributed by atoms with E-state index in [1.54, 1.807) is 0 Å². The van der Waals surface area contributed by atoms with Crippen molar-refractivity contribution in [2.45, 2.75) is 40.5 Å².